The highest BCUT2D eigenvalue weighted by Crippen LogP contribution is 2.42. The molecule has 0 saturated heterocycles. The number of nitrogens with one attached hydrogen (secondary N) is 1. The summed E-state index contributed by atoms with van der Waals surface area (Å²) < 4.78 is 24.7. The number of ketones is 1. The standard InChI is InChI=1S/C23H24FNO4/c24-17-6-4-16(5-7-17)14-25-22(27)15-28-18-8-9-21-19(12-18)20(26)13-23(29-21)10-2-1-3-11-23/h4-9,12H,1-3,10-11,13-15H2,(H,25,27). The number of benzene rings is 2. The molecule has 6 heteroatoms. The van der Waals surface area contributed by atoms with E-state index in [4.69, 9.17) is 9.47 Å². The molecule has 152 valence electrons. The molecule has 1 saturated carbocycles. The fraction of sp³-hybridized carbons (Fsp3) is 0.391. The van der Waals surface area contributed by atoms with Crippen LogP contribution in [0.4, 0.5) is 4.39 Å². The number of halogens is 1. The maximum absolute atomic E-state index is 12.9. The van der Waals surface area contributed by atoms with Gasteiger partial charge in [0.15, 0.2) is 12.4 Å². The number of fused-ring (bicyclic) bond motifs is 1. The molecule has 0 radical (unpaired) electrons. The predicted octanol–water partition coefficient (Wildman–Crippen LogP) is 4.19. The minimum Gasteiger partial charge on any atom is -0.486 e. The molecule has 0 aromatic heterocycles. The summed E-state index contributed by atoms with van der Waals surface area (Å²) >= 11 is 0. The summed E-state index contributed by atoms with van der Waals surface area (Å²) in [7, 11) is 0. The van der Waals surface area contributed by atoms with Gasteiger partial charge in [-0.3, -0.25) is 9.59 Å². The molecule has 0 unspecified atom stereocenters. The minimum absolute atomic E-state index is 0.0689. The van der Waals surface area contributed by atoms with Crippen LogP contribution in [0.15, 0.2) is 42.5 Å². The highest BCUT2D eigenvalue weighted by atomic mass is 19.1. The lowest BCUT2D eigenvalue weighted by atomic mass is 9.78. The molecular weight excluding hydrogens is 373 g/mol. The average molecular weight is 397 g/mol. The summed E-state index contributed by atoms with van der Waals surface area (Å²) in [6, 6.07) is 11.1. The van der Waals surface area contributed by atoms with Crippen LogP contribution in [-0.4, -0.2) is 23.9 Å². The van der Waals surface area contributed by atoms with Gasteiger partial charge in [0.1, 0.15) is 22.9 Å². The quantitative estimate of drug-likeness (QED) is 0.822. The second-order valence-electron chi connectivity index (χ2n) is 7.80. The Morgan fingerprint density at radius 3 is 2.62 bits per heavy atom. The molecule has 1 heterocycles. The molecule has 1 aliphatic heterocycles. The Morgan fingerprint density at radius 2 is 1.86 bits per heavy atom. The van der Waals surface area contributed by atoms with E-state index in [1.807, 2.05) is 0 Å². The third kappa shape index (κ3) is 4.58. The molecule has 1 fully saturated rings. The Labute approximate surface area is 169 Å². The van der Waals surface area contributed by atoms with Crippen LogP contribution >= 0.6 is 0 Å². The van der Waals surface area contributed by atoms with Gasteiger partial charge in [-0.2, -0.15) is 0 Å². The van der Waals surface area contributed by atoms with Gasteiger partial charge in [0.05, 0.1) is 12.0 Å². The van der Waals surface area contributed by atoms with Gasteiger partial charge in [0.25, 0.3) is 5.91 Å². The second-order valence-corrected chi connectivity index (χ2v) is 7.80. The van der Waals surface area contributed by atoms with Crippen molar-refractivity contribution in [1.29, 1.82) is 0 Å². The molecule has 29 heavy (non-hydrogen) atoms. The van der Waals surface area contributed by atoms with E-state index in [1.54, 1.807) is 30.3 Å². The fourth-order valence-corrected chi connectivity index (χ4v) is 4.04. The first-order valence-corrected chi connectivity index (χ1v) is 10.0. The van der Waals surface area contributed by atoms with Crippen LogP contribution in [0.25, 0.3) is 0 Å². The minimum atomic E-state index is -0.342. The Kier molecular flexibility index (Phi) is 5.51. The largest absolute Gasteiger partial charge is 0.486 e. The molecule has 4 rings (SSSR count). The second kappa shape index (κ2) is 8.23. The SMILES string of the molecule is O=C(COc1ccc2c(c1)C(=O)CC1(CCCCC1)O2)NCc1ccc(F)cc1. The van der Waals surface area contributed by atoms with Gasteiger partial charge in [0.2, 0.25) is 0 Å². The van der Waals surface area contributed by atoms with E-state index in [0.717, 1.165) is 31.2 Å². The van der Waals surface area contributed by atoms with Crippen molar-refractivity contribution in [2.24, 2.45) is 0 Å². The Balaban J connectivity index is 1.33. The molecule has 1 spiro atoms. The van der Waals surface area contributed by atoms with Crippen molar-refractivity contribution < 1.29 is 23.5 Å². The number of hydrogen-bond acceptors (Lipinski definition) is 4. The number of carbonyl (C=O) groups excluding carboxylic acids is 2. The van der Waals surface area contributed by atoms with E-state index >= 15 is 0 Å². The molecule has 2 aliphatic rings. The van der Waals surface area contributed by atoms with Crippen LogP contribution in [0, 0.1) is 5.82 Å². The summed E-state index contributed by atoms with van der Waals surface area (Å²) in [5.41, 5.74) is 0.976. The fourth-order valence-electron chi connectivity index (χ4n) is 4.04. The zero-order chi connectivity index (χ0) is 20.3. The molecule has 2 aromatic rings. The maximum atomic E-state index is 12.9. The van der Waals surface area contributed by atoms with Crippen LogP contribution < -0.4 is 14.8 Å². The Hall–Kier alpha value is -2.89. The molecule has 0 atom stereocenters. The van der Waals surface area contributed by atoms with E-state index in [9.17, 15) is 14.0 Å². The number of hydrogen-bond donors (Lipinski definition) is 1. The lowest BCUT2D eigenvalue weighted by Gasteiger charge is -2.40. The first kappa shape index (κ1) is 19.4. The van der Waals surface area contributed by atoms with Crippen molar-refractivity contribution in [3.63, 3.8) is 0 Å². The van der Waals surface area contributed by atoms with Crippen LogP contribution in [-0.2, 0) is 11.3 Å². The molecule has 1 aliphatic carbocycles. The van der Waals surface area contributed by atoms with Gasteiger partial charge in [-0.15, -0.1) is 0 Å². The Morgan fingerprint density at radius 1 is 1.10 bits per heavy atom. The molecule has 2 aromatic carbocycles. The number of Topliss-reactive ketones (excluding diaryl/α,β-unsaturated/α-hetero) is 1. The van der Waals surface area contributed by atoms with E-state index in [2.05, 4.69) is 5.32 Å². The lowest BCUT2D eigenvalue weighted by Crippen LogP contribution is -2.43. The lowest BCUT2D eigenvalue weighted by molar-refractivity contribution is -0.123. The third-order valence-electron chi connectivity index (χ3n) is 5.60. The van der Waals surface area contributed by atoms with E-state index < -0.39 is 0 Å². The number of ether oxygens (including phenoxy) is 2. The van der Waals surface area contributed by atoms with Crippen molar-refractivity contribution in [1.82, 2.24) is 5.32 Å². The third-order valence-corrected chi connectivity index (χ3v) is 5.60. The Bertz CT molecular complexity index is 904. The van der Waals surface area contributed by atoms with Gasteiger partial charge >= 0.3 is 0 Å². The average Bonchev–Trinajstić information content (AvgIpc) is 2.72. The van der Waals surface area contributed by atoms with Crippen molar-refractivity contribution >= 4 is 11.7 Å². The van der Waals surface area contributed by atoms with Gasteiger partial charge in [-0.1, -0.05) is 18.6 Å². The molecule has 0 bridgehead atoms. The highest BCUT2D eigenvalue weighted by Gasteiger charge is 2.41. The van der Waals surface area contributed by atoms with Gasteiger partial charge in [-0.05, 0) is 61.6 Å². The van der Waals surface area contributed by atoms with E-state index in [-0.39, 0.29) is 29.7 Å². The van der Waals surface area contributed by atoms with E-state index in [1.165, 1.54) is 18.6 Å². The number of rotatable bonds is 5. The summed E-state index contributed by atoms with van der Waals surface area (Å²) in [6.07, 6.45) is 5.63. The molecule has 1 N–H and O–H groups in total. The van der Waals surface area contributed by atoms with Crippen molar-refractivity contribution in [2.45, 2.75) is 50.7 Å². The first-order valence-electron chi connectivity index (χ1n) is 10.0. The monoisotopic (exact) mass is 397 g/mol. The van der Waals surface area contributed by atoms with Crippen LogP contribution in [0.3, 0.4) is 0 Å². The number of carbonyl (C=O) groups is 2. The van der Waals surface area contributed by atoms with Crippen molar-refractivity contribution in [3.8, 4) is 11.5 Å². The number of amides is 1. The first-order chi connectivity index (χ1) is 14.0. The smallest absolute Gasteiger partial charge is 0.258 e. The molecular formula is C23H24FNO4. The molecule has 1 amide bonds. The van der Waals surface area contributed by atoms with Crippen LogP contribution in [0.2, 0.25) is 0 Å². The van der Waals surface area contributed by atoms with Gasteiger partial charge in [0, 0.05) is 6.54 Å². The summed E-state index contributed by atoms with van der Waals surface area (Å²) in [5, 5.41) is 2.72. The van der Waals surface area contributed by atoms with Crippen molar-refractivity contribution in [2.75, 3.05) is 6.61 Å². The molecule has 5 nitrogen and oxygen atoms in total. The van der Waals surface area contributed by atoms with Crippen LogP contribution in [0.5, 0.6) is 11.5 Å². The zero-order valence-electron chi connectivity index (χ0n) is 16.2. The normalized spacial score (nSPS) is 17.3. The van der Waals surface area contributed by atoms with E-state index in [0.29, 0.717) is 30.0 Å². The summed E-state index contributed by atoms with van der Waals surface area (Å²) in [5.74, 6) is 0.521. The summed E-state index contributed by atoms with van der Waals surface area (Å²) in [4.78, 5) is 24.7. The summed E-state index contributed by atoms with van der Waals surface area (Å²) in [6.45, 7) is 0.125. The van der Waals surface area contributed by atoms with Gasteiger partial charge in [-0.25, -0.2) is 4.39 Å². The predicted molar refractivity (Wildman–Crippen MR) is 106 cm³/mol. The van der Waals surface area contributed by atoms with Crippen LogP contribution in [0.1, 0.15) is 54.4 Å². The zero-order valence-corrected chi connectivity index (χ0v) is 16.2. The van der Waals surface area contributed by atoms with Gasteiger partial charge < -0.3 is 14.8 Å². The van der Waals surface area contributed by atoms with Crippen molar-refractivity contribution in [3.05, 3.63) is 59.4 Å². The maximum Gasteiger partial charge on any atom is 0.258 e. The highest BCUT2D eigenvalue weighted by molar-refractivity contribution is 6.00. The topological polar surface area (TPSA) is 64.6 Å².